The predicted molar refractivity (Wildman–Crippen MR) is 76.7 cm³/mol. The van der Waals surface area contributed by atoms with Gasteiger partial charge in [0, 0.05) is 19.1 Å². The van der Waals surface area contributed by atoms with E-state index < -0.39 is 33.6 Å². The topological polar surface area (TPSA) is 74.7 Å². The van der Waals surface area contributed by atoms with Crippen molar-refractivity contribution < 1.29 is 31.5 Å². The van der Waals surface area contributed by atoms with E-state index in [-0.39, 0.29) is 36.6 Å². The van der Waals surface area contributed by atoms with Crippen LogP contribution < -0.4 is 0 Å². The summed E-state index contributed by atoms with van der Waals surface area (Å²) in [7, 11) is -3.16. The summed E-state index contributed by atoms with van der Waals surface area (Å²) in [6.45, 7) is 0.215. The molecule has 1 atom stereocenters. The average Bonchev–Trinajstić information content (AvgIpc) is 2.44. The largest absolute Gasteiger partial charge is 0.481 e. The Morgan fingerprint density at radius 3 is 2.39 bits per heavy atom. The summed E-state index contributed by atoms with van der Waals surface area (Å²) < 4.78 is 61.4. The number of rotatable bonds is 4. The molecule has 0 bridgehead atoms. The number of halogens is 3. The molecule has 0 spiro atoms. The number of alkyl halides is 3. The van der Waals surface area contributed by atoms with Gasteiger partial charge in [-0.3, -0.25) is 9.69 Å². The maximum Gasteiger partial charge on any atom is 0.416 e. The van der Waals surface area contributed by atoms with E-state index in [1.165, 1.54) is 12.1 Å². The SMILES string of the molecule is O=C(O)C[C@@H](c1cccc(C(F)(F)F)c1)N1CCS(=O)(=O)CC1. The summed E-state index contributed by atoms with van der Waals surface area (Å²) in [4.78, 5) is 12.7. The minimum Gasteiger partial charge on any atom is -0.481 e. The molecule has 0 aliphatic carbocycles. The van der Waals surface area contributed by atoms with Crippen molar-refractivity contribution in [1.29, 1.82) is 0 Å². The van der Waals surface area contributed by atoms with Crippen molar-refractivity contribution in [2.45, 2.75) is 18.6 Å². The van der Waals surface area contributed by atoms with Gasteiger partial charge in [-0.1, -0.05) is 12.1 Å². The summed E-state index contributed by atoms with van der Waals surface area (Å²) in [5.74, 6) is -1.40. The van der Waals surface area contributed by atoms with Gasteiger partial charge in [-0.2, -0.15) is 13.2 Å². The van der Waals surface area contributed by atoms with Crippen LogP contribution in [0.1, 0.15) is 23.6 Å². The van der Waals surface area contributed by atoms with E-state index in [0.717, 1.165) is 12.1 Å². The van der Waals surface area contributed by atoms with Crippen LogP contribution in [0.25, 0.3) is 0 Å². The zero-order valence-electron chi connectivity index (χ0n) is 12.1. The van der Waals surface area contributed by atoms with Crippen LogP contribution in [0.2, 0.25) is 0 Å². The molecule has 0 amide bonds. The molecule has 0 radical (unpaired) electrons. The zero-order valence-corrected chi connectivity index (χ0v) is 12.9. The molecule has 1 aromatic rings. The quantitative estimate of drug-likeness (QED) is 0.897. The summed E-state index contributed by atoms with van der Waals surface area (Å²) in [6, 6.07) is 3.73. The van der Waals surface area contributed by atoms with Gasteiger partial charge in [0.2, 0.25) is 0 Å². The van der Waals surface area contributed by atoms with Crippen molar-refractivity contribution in [3.8, 4) is 0 Å². The zero-order chi connectivity index (χ0) is 17.3. The maximum absolute atomic E-state index is 12.8. The lowest BCUT2D eigenvalue weighted by atomic mass is 9.99. The molecular weight excluding hydrogens is 335 g/mol. The lowest BCUT2D eigenvalue weighted by Gasteiger charge is -2.34. The Morgan fingerprint density at radius 2 is 1.87 bits per heavy atom. The van der Waals surface area contributed by atoms with Crippen LogP contribution in [0.4, 0.5) is 13.2 Å². The first-order chi connectivity index (χ1) is 10.6. The molecule has 1 saturated heterocycles. The van der Waals surface area contributed by atoms with E-state index in [4.69, 9.17) is 5.11 Å². The van der Waals surface area contributed by atoms with Gasteiger partial charge in [-0.05, 0) is 17.7 Å². The van der Waals surface area contributed by atoms with Crippen molar-refractivity contribution in [2.75, 3.05) is 24.6 Å². The van der Waals surface area contributed by atoms with E-state index in [1.54, 1.807) is 4.90 Å². The summed E-state index contributed by atoms with van der Waals surface area (Å²) in [6.07, 6.45) is -4.91. The van der Waals surface area contributed by atoms with Crippen LogP contribution in [0.5, 0.6) is 0 Å². The van der Waals surface area contributed by atoms with Gasteiger partial charge in [0.15, 0.2) is 9.84 Å². The molecule has 0 aromatic heterocycles. The molecule has 1 heterocycles. The Kier molecular flexibility index (Phi) is 5.00. The second kappa shape index (κ2) is 6.48. The molecule has 128 valence electrons. The number of hydrogen-bond donors (Lipinski definition) is 1. The number of benzene rings is 1. The van der Waals surface area contributed by atoms with E-state index in [9.17, 15) is 26.4 Å². The Hall–Kier alpha value is -1.61. The number of nitrogens with zero attached hydrogens (tertiary/aromatic N) is 1. The van der Waals surface area contributed by atoms with E-state index in [2.05, 4.69) is 0 Å². The van der Waals surface area contributed by atoms with Crippen molar-refractivity contribution in [3.63, 3.8) is 0 Å². The Labute approximate surface area is 131 Å². The highest BCUT2D eigenvalue weighted by molar-refractivity contribution is 7.91. The molecule has 1 aliphatic rings. The molecule has 2 rings (SSSR count). The predicted octanol–water partition coefficient (Wildman–Crippen LogP) is 1.95. The fraction of sp³-hybridized carbons (Fsp3) is 0.500. The van der Waals surface area contributed by atoms with Crippen LogP contribution in [-0.4, -0.2) is 49.0 Å². The number of hydrogen-bond acceptors (Lipinski definition) is 4. The summed E-state index contributed by atoms with van der Waals surface area (Å²) in [5, 5.41) is 9.04. The van der Waals surface area contributed by atoms with Crippen LogP contribution in [-0.2, 0) is 20.8 Å². The first-order valence-corrected chi connectivity index (χ1v) is 8.74. The van der Waals surface area contributed by atoms with E-state index in [1.807, 2.05) is 0 Å². The molecule has 9 heteroatoms. The third-order valence-corrected chi connectivity index (χ3v) is 5.40. The molecule has 23 heavy (non-hydrogen) atoms. The highest BCUT2D eigenvalue weighted by Gasteiger charge is 2.33. The minimum absolute atomic E-state index is 0.108. The molecule has 1 aromatic carbocycles. The molecule has 1 N–H and O–H groups in total. The normalized spacial score (nSPS) is 20.1. The molecule has 5 nitrogen and oxygen atoms in total. The molecule has 0 unspecified atom stereocenters. The second-order valence-electron chi connectivity index (χ2n) is 5.42. The molecule has 1 aliphatic heterocycles. The standard InChI is InChI=1S/C14H16F3NO4S/c15-14(16,17)11-3-1-2-10(8-11)12(9-13(19)20)18-4-6-23(21,22)7-5-18/h1-3,8,12H,4-7,9H2,(H,19,20)/t12-/m0/s1. The molecule has 1 fully saturated rings. The van der Waals surface area contributed by atoms with Crippen LogP contribution in [0, 0.1) is 0 Å². The van der Waals surface area contributed by atoms with Crippen molar-refractivity contribution in [2.24, 2.45) is 0 Å². The number of aliphatic carboxylic acids is 1. The van der Waals surface area contributed by atoms with Crippen LogP contribution in [0.3, 0.4) is 0 Å². The number of carbonyl (C=O) groups is 1. The van der Waals surface area contributed by atoms with Crippen LogP contribution in [0.15, 0.2) is 24.3 Å². The number of carboxylic acids is 1. The first kappa shape index (κ1) is 17.7. The highest BCUT2D eigenvalue weighted by Crippen LogP contribution is 2.33. The second-order valence-corrected chi connectivity index (χ2v) is 7.73. The monoisotopic (exact) mass is 351 g/mol. The van der Waals surface area contributed by atoms with Gasteiger partial charge in [0.05, 0.1) is 23.5 Å². The molecular formula is C14H16F3NO4S. The van der Waals surface area contributed by atoms with Gasteiger partial charge >= 0.3 is 12.1 Å². The average molecular weight is 351 g/mol. The van der Waals surface area contributed by atoms with Gasteiger partial charge in [-0.25, -0.2) is 8.42 Å². The Balaban J connectivity index is 2.30. The van der Waals surface area contributed by atoms with E-state index in [0.29, 0.717) is 0 Å². The van der Waals surface area contributed by atoms with Gasteiger partial charge in [0.1, 0.15) is 0 Å². The fourth-order valence-corrected chi connectivity index (χ4v) is 3.81. The van der Waals surface area contributed by atoms with Gasteiger partial charge in [0.25, 0.3) is 0 Å². The van der Waals surface area contributed by atoms with Gasteiger partial charge in [-0.15, -0.1) is 0 Å². The number of carboxylic acid groups (broad SMARTS) is 1. The fourth-order valence-electron chi connectivity index (χ4n) is 2.58. The highest BCUT2D eigenvalue weighted by atomic mass is 32.2. The van der Waals surface area contributed by atoms with Crippen molar-refractivity contribution >= 4 is 15.8 Å². The maximum atomic E-state index is 12.8. The van der Waals surface area contributed by atoms with Crippen molar-refractivity contribution in [3.05, 3.63) is 35.4 Å². The van der Waals surface area contributed by atoms with Crippen LogP contribution >= 0.6 is 0 Å². The number of sulfone groups is 1. The van der Waals surface area contributed by atoms with Crippen molar-refractivity contribution in [1.82, 2.24) is 4.90 Å². The lowest BCUT2D eigenvalue weighted by molar-refractivity contribution is -0.138. The third-order valence-electron chi connectivity index (χ3n) is 3.79. The summed E-state index contributed by atoms with van der Waals surface area (Å²) in [5.41, 5.74) is -0.628. The minimum atomic E-state index is -4.52. The molecule has 0 saturated carbocycles. The van der Waals surface area contributed by atoms with Gasteiger partial charge < -0.3 is 5.11 Å². The third kappa shape index (κ3) is 4.68. The first-order valence-electron chi connectivity index (χ1n) is 6.92. The Bertz CT molecular complexity index is 674. The lowest BCUT2D eigenvalue weighted by Crippen LogP contribution is -2.43. The Morgan fingerprint density at radius 1 is 1.26 bits per heavy atom. The summed E-state index contributed by atoms with van der Waals surface area (Å²) >= 11 is 0. The van der Waals surface area contributed by atoms with E-state index >= 15 is 0 Å². The smallest absolute Gasteiger partial charge is 0.416 e.